The van der Waals surface area contributed by atoms with Crippen LogP contribution in [0.2, 0.25) is 0 Å². The number of benzene rings is 1. The molecule has 0 aliphatic rings. The average molecular weight is 246 g/mol. The summed E-state index contributed by atoms with van der Waals surface area (Å²) in [6, 6.07) is 1.18. The predicted octanol–water partition coefficient (Wildman–Crippen LogP) is 3.96. The molecule has 2 unspecified atom stereocenters. The maximum atomic E-state index is 13.4. The van der Waals surface area contributed by atoms with Crippen molar-refractivity contribution in [2.75, 3.05) is 0 Å². The van der Waals surface area contributed by atoms with Gasteiger partial charge in [0, 0.05) is 12.1 Å². The van der Waals surface area contributed by atoms with Crippen molar-refractivity contribution in [2.45, 2.75) is 39.2 Å². The Labute approximate surface area is 99.3 Å². The van der Waals surface area contributed by atoms with Crippen LogP contribution in [0.15, 0.2) is 12.1 Å². The Morgan fingerprint density at radius 1 is 1.18 bits per heavy atom. The third kappa shape index (κ3) is 3.73. The monoisotopic (exact) mass is 246 g/mol. The van der Waals surface area contributed by atoms with Crippen LogP contribution < -0.4 is 0 Å². The molecule has 1 N–H and O–H groups in total. The summed E-state index contributed by atoms with van der Waals surface area (Å²) in [6.07, 6.45) is 0.869. The van der Waals surface area contributed by atoms with Gasteiger partial charge < -0.3 is 5.11 Å². The Morgan fingerprint density at radius 2 is 1.71 bits per heavy atom. The number of hydrogen-bond donors (Lipinski definition) is 1. The number of aliphatic hydroxyl groups excluding tert-OH is 1. The maximum Gasteiger partial charge on any atom is 0.134 e. The molecule has 1 aromatic rings. The Morgan fingerprint density at radius 3 is 2.18 bits per heavy atom. The van der Waals surface area contributed by atoms with E-state index in [1.807, 2.05) is 13.8 Å². The highest BCUT2D eigenvalue weighted by atomic mass is 19.1. The van der Waals surface area contributed by atoms with Crippen LogP contribution in [0.3, 0.4) is 0 Å². The molecule has 1 rings (SSSR count). The quantitative estimate of drug-likeness (QED) is 0.833. The van der Waals surface area contributed by atoms with Gasteiger partial charge in [-0.15, -0.1) is 0 Å². The molecule has 1 aromatic carbocycles. The summed E-state index contributed by atoms with van der Waals surface area (Å²) in [5.41, 5.74) is -0.436. The van der Waals surface area contributed by atoms with Crippen molar-refractivity contribution in [1.29, 1.82) is 0 Å². The van der Waals surface area contributed by atoms with Crippen LogP contribution in [-0.4, -0.2) is 5.11 Å². The van der Waals surface area contributed by atoms with E-state index in [0.717, 1.165) is 12.8 Å². The van der Waals surface area contributed by atoms with Crippen LogP contribution in [0.1, 0.15) is 44.8 Å². The summed E-state index contributed by atoms with van der Waals surface area (Å²) in [6.45, 7) is 3.91. The fourth-order valence-corrected chi connectivity index (χ4v) is 1.98. The van der Waals surface area contributed by atoms with Gasteiger partial charge in [-0.05, 0) is 12.3 Å². The van der Waals surface area contributed by atoms with E-state index in [-0.39, 0.29) is 12.3 Å². The Kier molecular flexibility index (Phi) is 5.00. The van der Waals surface area contributed by atoms with Crippen molar-refractivity contribution >= 4 is 0 Å². The third-order valence-electron chi connectivity index (χ3n) is 2.78. The second-order valence-corrected chi connectivity index (χ2v) is 4.43. The minimum absolute atomic E-state index is 0.166. The molecule has 0 heterocycles. The molecular formula is C13H17F3O. The van der Waals surface area contributed by atoms with E-state index in [2.05, 4.69) is 0 Å². The van der Waals surface area contributed by atoms with Gasteiger partial charge in [0.1, 0.15) is 17.5 Å². The van der Waals surface area contributed by atoms with Crippen molar-refractivity contribution in [3.63, 3.8) is 0 Å². The molecule has 0 fully saturated rings. The topological polar surface area (TPSA) is 20.2 Å². The largest absolute Gasteiger partial charge is 0.388 e. The SMILES string of the molecule is CCCC(C)CC(O)c1c(F)cc(F)cc1F. The van der Waals surface area contributed by atoms with Crippen LogP contribution in [0.5, 0.6) is 0 Å². The molecule has 0 aliphatic carbocycles. The standard InChI is InChI=1S/C13H17F3O/c1-3-4-8(2)5-12(17)13-10(15)6-9(14)7-11(13)16/h6-8,12,17H,3-5H2,1-2H3. The highest BCUT2D eigenvalue weighted by molar-refractivity contribution is 5.23. The van der Waals surface area contributed by atoms with Crippen LogP contribution in [0.4, 0.5) is 13.2 Å². The molecule has 17 heavy (non-hydrogen) atoms. The van der Waals surface area contributed by atoms with Crippen molar-refractivity contribution in [1.82, 2.24) is 0 Å². The van der Waals surface area contributed by atoms with Crippen LogP contribution in [0, 0.1) is 23.4 Å². The summed E-state index contributed by atoms with van der Waals surface area (Å²) in [4.78, 5) is 0. The van der Waals surface area contributed by atoms with Crippen molar-refractivity contribution in [3.05, 3.63) is 35.1 Å². The van der Waals surface area contributed by atoms with Gasteiger partial charge in [-0.25, -0.2) is 13.2 Å². The molecule has 0 aliphatic heterocycles. The first kappa shape index (κ1) is 14.0. The van der Waals surface area contributed by atoms with E-state index < -0.39 is 29.1 Å². The summed E-state index contributed by atoms with van der Waals surface area (Å²) in [5, 5.41) is 9.77. The van der Waals surface area contributed by atoms with Gasteiger partial charge in [0.25, 0.3) is 0 Å². The van der Waals surface area contributed by atoms with Gasteiger partial charge in [0.2, 0.25) is 0 Å². The normalized spacial score (nSPS) is 14.7. The average Bonchev–Trinajstić information content (AvgIpc) is 2.15. The molecule has 0 saturated carbocycles. The van der Waals surface area contributed by atoms with Crippen LogP contribution in [-0.2, 0) is 0 Å². The number of rotatable bonds is 5. The minimum Gasteiger partial charge on any atom is -0.388 e. The van der Waals surface area contributed by atoms with E-state index >= 15 is 0 Å². The van der Waals surface area contributed by atoms with E-state index in [4.69, 9.17) is 0 Å². The summed E-state index contributed by atoms with van der Waals surface area (Å²) in [5.74, 6) is -2.87. The first-order chi connectivity index (χ1) is 7.95. The molecule has 0 aromatic heterocycles. The molecule has 0 saturated heterocycles. The highest BCUT2D eigenvalue weighted by Crippen LogP contribution is 2.28. The first-order valence-corrected chi connectivity index (χ1v) is 5.78. The van der Waals surface area contributed by atoms with E-state index in [9.17, 15) is 18.3 Å². The van der Waals surface area contributed by atoms with Crippen LogP contribution in [0.25, 0.3) is 0 Å². The molecule has 4 heteroatoms. The highest BCUT2D eigenvalue weighted by Gasteiger charge is 2.21. The first-order valence-electron chi connectivity index (χ1n) is 5.78. The van der Waals surface area contributed by atoms with Crippen molar-refractivity contribution < 1.29 is 18.3 Å². The lowest BCUT2D eigenvalue weighted by Gasteiger charge is -2.17. The van der Waals surface area contributed by atoms with Gasteiger partial charge >= 0.3 is 0 Å². The van der Waals surface area contributed by atoms with Gasteiger partial charge in [0.05, 0.1) is 11.7 Å². The lowest BCUT2D eigenvalue weighted by molar-refractivity contribution is 0.136. The zero-order valence-electron chi connectivity index (χ0n) is 10.0. The molecule has 96 valence electrons. The third-order valence-corrected chi connectivity index (χ3v) is 2.78. The molecular weight excluding hydrogens is 229 g/mol. The molecule has 0 spiro atoms. The number of aliphatic hydroxyl groups is 1. The van der Waals surface area contributed by atoms with Gasteiger partial charge in [-0.3, -0.25) is 0 Å². The van der Waals surface area contributed by atoms with Crippen molar-refractivity contribution in [3.8, 4) is 0 Å². The maximum absolute atomic E-state index is 13.4. The number of hydrogen-bond acceptors (Lipinski definition) is 1. The summed E-state index contributed by atoms with van der Waals surface area (Å²) >= 11 is 0. The molecule has 2 atom stereocenters. The Hall–Kier alpha value is -1.03. The molecule has 0 bridgehead atoms. The van der Waals surface area contributed by atoms with Gasteiger partial charge in [-0.2, -0.15) is 0 Å². The molecule has 0 radical (unpaired) electrons. The minimum atomic E-state index is -1.22. The second-order valence-electron chi connectivity index (χ2n) is 4.43. The summed E-state index contributed by atoms with van der Waals surface area (Å²) in [7, 11) is 0. The fraction of sp³-hybridized carbons (Fsp3) is 0.538. The second kappa shape index (κ2) is 6.05. The summed E-state index contributed by atoms with van der Waals surface area (Å²) < 4.78 is 39.4. The van der Waals surface area contributed by atoms with E-state index in [0.29, 0.717) is 12.1 Å². The Bertz CT molecular complexity index is 356. The number of halogens is 3. The molecule has 0 amide bonds. The molecule has 1 nitrogen and oxygen atoms in total. The van der Waals surface area contributed by atoms with Gasteiger partial charge in [-0.1, -0.05) is 26.7 Å². The lowest BCUT2D eigenvalue weighted by Crippen LogP contribution is -2.09. The van der Waals surface area contributed by atoms with E-state index in [1.54, 1.807) is 0 Å². The van der Waals surface area contributed by atoms with Gasteiger partial charge in [0.15, 0.2) is 0 Å². The van der Waals surface area contributed by atoms with Crippen LogP contribution >= 0.6 is 0 Å². The lowest BCUT2D eigenvalue weighted by atomic mass is 9.94. The van der Waals surface area contributed by atoms with Crippen molar-refractivity contribution in [2.24, 2.45) is 5.92 Å². The fourth-order valence-electron chi connectivity index (χ4n) is 1.98. The smallest absolute Gasteiger partial charge is 0.134 e. The zero-order valence-corrected chi connectivity index (χ0v) is 10.0. The Balaban J connectivity index is 2.85. The van der Waals surface area contributed by atoms with E-state index in [1.165, 1.54) is 0 Å². The predicted molar refractivity (Wildman–Crippen MR) is 60.0 cm³/mol. The zero-order chi connectivity index (χ0) is 13.0.